The van der Waals surface area contributed by atoms with Gasteiger partial charge in [-0.2, -0.15) is 5.10 Å². The molecule has 0 bridgehead atoms. The summed E-state index contributed by atoms with van der Waals surface area (Å²) in [7, 11) is 4.03. The van der Waals surface area contributed by atoms with Crippen molar-refractivity contribution in [2.75, 3.05) is 20.2 Å². The molecule has 0 N–H and O–H groups in total. The van der Waals surface area contributed by atoms with Crippen LogP contribution in [0.1, 0.15) is 11.1 Å². The summed E-state index contributed by atoms with van der Waals surface area (Å²) >= 11 is 0. The first-order valence-corrected chi connectivity index (χ1v) is 6.52. The van der Waals surface area contributed by atoms with Gasteiger partial charge in [-0.1, -0.05) is 30.3 Å². The van der Waals surface area contributed by atoms with Crippen molar-refractivity contribution >= 4 is 0 Å². The third-order valence-electron chi connectivity index (χ3n) is 2.94. The van der Waals surface area contributed by atoms with Gasteiger partial charge in [-0.05, 0) is 12.6 Å². The van der Waals surface area contributed by atoms with Gasteiger partial charge in [0.2, 0.25) is 0 Å². The summed E-state index contributed by atoms with van der Waals surface area (Å²) < 4.78 is 7.50. The molecule has 0 unspecified atom stereocenters. The minimum atomic E-state index is 0.682. The second-order valence-electron chi connectivity index (χ2n) is 4.80. The zero-order valence-electron chi connectivity index (χ0n) is 11.6. The maximum absolute atomic E-state index is 5.67. The number of nitrogens with zero attached hydrogens (tertiary/aromatic N) is 3. The van der Waals surface area contributed by atoms with Crippen molar-refractivity contribution < 1.29 is 4.74 Å². The number of ether oxygens (including phenoxy) is 1. The van der Waals surface area contributed by atoms with E-state index in [-0.39, 0.29) is 0 Å². The van der Waals surface area contributed by atoms with Gasteiger partial charge in [-0.3, -0.25) is 9.58 Å². The predicted octanol–water partition coefficient (Wildman–Crippen LogP) is 2.07. The maximum atomic E-state index is 5.67. The smallest absolute Gasteiger partial charge is 0.0717 e. The SMILES string of the molecule is CN(CCOCc1ccccc1)Cc1cnn(C)c1. The molecule has 0 saturated heterocycles. The lowest BCUT2D eigenvalue weighted by molar-refractivity contribution is 0.0980. The molecular weight excluding hydrogens is 238 g/mol. The molecule has 0 aliphatic carbocycles. The number of aromatic nitrogens is 2. The predicted molar refractivity (Wildman–Crippen MR) is 75.6 cm³/mol. The van der Waals surface area contributed by atoms with Crippen LogP contribution in [0.3, 0.4) is 0 Å². The van der Waals surface area contributed by atoms with E-state index in [1.54, 1.807) is 0 Å². The van der Waals surface area contributed by atoms with Crippen LogP contribution >= 0.6 is 0 Å². The minimum Gasteiger partial charge on any atom is -0.375 e. The van der Waals surface area contributed by atoms with E-state index in [2.05, 4.69) is 29.2 Å². The van der Waals surface area contributed by atoms with E-state index < -0.39 is 0 Å². The molecule has 0 fully saturated rings. The molecule has 1 aromatic carbocycles. The lowest BCUT2D eigenvalue weighted by Crippen LogP contribution is -2.22. The highest BCUT2D eigenvalue weighted by molar-refractivity contribution is 5.13. The van der Waals surface area contributed by atoms with Gasteiger partial charge in [-0.25, -0.2) is 0 Å². The van der Waals surface area contributed by atoms with Crippen LogP contribution in [0.2, 0.25) is 0 Å². The Morgan fingerprint density at radius 1 is 1.21 bits per heavy atom. The zero-order chi connectivity index (χ0) is 13.5. The Morgan fingerprint density at radius 3 is 2.68 bits per heavy atom. The van der Waals surface area contributed by atoms with E-state index in [1.807, 2.05) is 42.3 Å². The second kappa shape index (κ2) is 7.07. The van der Waals surface area contributed by atoms with Crippen LogP contribution in [-0.2, 0) is 24.9 Å². The molecule has 4 nitrogen and oxygen atoms in total. The van der Waals surface area contributed by atoms with Gasteiger partial charge in [-0.15, -0.1) is 0 Å². The Labute approximate surface area is 114 Å². The highest BCUT2D eigenvalue weighted by Crippen LogP contribution is 2.02. The summed E-state index contributed by atoms with van der Waals surface area (Å²) in [5.74, 6) is 0. The second-order valence-corrected chi connectivity index (χ2v) is 4.80. The lowest BCUT2D eigenvalue weighted by Gasteiger charge is -2.15. The van der Waals surface area contributed by atoms with Crippen molar-refractivity contribution in [3.63, 3.8) is 0 Å². The van der Waals surface area contributed by atoms with Crippen LogP contribution in [-0.4, -0.2) is 34.9 Å². The largest absolute Gasteiger partial charge is 0.375 e. The van der Waals surface area contributed by atoms with Gasteiger partial charge in [0.05, 0.1) is 19.4 Å². The monoisotopic (exact) mass is 259 g/mol. The molecule has 0 amide bonds. The number of hydrogen-bond donors (Lipinski definition) is 0. The van der Waals surface area contributed by atoms with Crippen molar-refractivity contribution in [1.82, 2.24) is 14.7 Å². The zero-order valence-corrected chi connectivity index (χ0v) is 11.6. The lowest BCUT2D eigenvalue weighted by atomic mass is 10.2. The van der Waals surface area contributed by atoms with E-state index in [4.69, 9.17) is 4.74 Å². The van der Waals surface area contributed by atoms with Crippen molar-refractivity contribution in [3.05, 3.63) is 53.9 Å². The molecule has 0 radical (unpaired) electrons. The molecule has 0 saturated carbocycles. The molecule has 0 spiro atoms. The van der Waals surface area contributed by atoms with Crippen molar-refractivity contribution in [1.29, 1.82) is 0 Å². The molecule has 102 valence electrons. The Balaban J connectivity index is 1.63. The van der Waals surface area contributed by atoms with Crippen LogP contribution in [0.5, 0.6) is 0 Å². The number of hydrogen-bond acceptors (Lipinski definition) is 3. The fraction of sp³-hybridized carbons (Fsp3) is 0.400. The summed E-state index contributed by atoms with van der Waals surface area (Å²) in [6.07, 6.45) is 3.95. The maximum Gasteiger partial charge on any atom is 0.0717 e. The fourth-order valence-electron chi connectivity index (χ4n) is 1.93. The normalized spacial score (nSPS) is 11.1. The average Bonchev–Trinajstić information content (AvgIpc) is 2.81. The average molecular weight is 259 g/mol. The summed E-state index contributed by atoms with van der Waals surface area (Å²) in [6, 6.07) is 10.3. The molecule has 2 rings (SSSR count). The Bertz CT molecular complexity index is 481. The summed E-state index contributed by atoms with van der Waals surface area (Å²) in [6.45, 7) is 3.25. The van der Waals surface area contributed by atoms with E-state index in [0.717, 1.165) is 19.7 Å². The first-order chi connectivity index (χ1) is 9.24. The first-order valence-electron chi connectivity index (χ1n) is 6.52. The van der Waals surface area contributed by atoms with Gasteiger partial charge in [0.1, 0.15) is 0 Å². The van der Waals surface area contributed by atoms with Crippen LogP contribution < -0.4 is 0 Å². The standard InChI is InChI=1S/C15H21N3O/c1-17(11-15-10-16-18(2)12-15)8-9-19-13-14-6-4-3-5-7-14/h3-7,10,12H,8-9,11,13H2,1-2H3. The van der Waals surface area contributed by atoms with Crippen LogP contribution in [0.25, 0.3) is 0 Å². The van der Waals surface area contributed by atoms with Crippen molar-refractivity contribution in [2.45, 2.75) is 13.2 Å². The van der Waals surface area contributed by atoms with E-state index in [0.29, 0.717) is 6.61 Å². The summed E-state index contributed by atoms with van der Waals surface area (Å²) in [5, 5.41) is 4.16. The molecule has 0 aliphatic rings. The highest BCUT2D eigenvalue weighted by Gasteiger charge is 2.02. The minimum absolute atomic E-state index is 0.682. The molecule has 0 atom stereocenters. The Kier molecular flexibility index (Phi) is 5.12. The first kappa shape index (κ1) is 13.8. The van der Waals surface area contributed by atoms with Crippen LogP contribution in [0, 0.1) is 0 Å². The van der Waals surface area contributed by atoms with Crippen molar-refractivity contribution in [3.8, 4) is 0 Å². The topological polar surface area (TPSA) is 30.3 Å². The molecular formula is C15H21N3O. The van der Waals surface area contributed by atoms with E-state index in [9.17, 15) is 0 Å². The highest BCUT2D eigenvalue weighted by atomic mass is 16.5. The number of likely N-dealkylation sites (N-methyl/N-ethyl adjacent to an activating group) is 1. The summed E-state index contributed by atoms with van der Waals surface area (Å²) in [4.78, 5) is 2.24. The van der Waals surface area contributed by atoms with E-state index in [1.165, 1.54) is 11.1 Å². The third-order valence-corrected chi connectivity index (χ3v) is 2.94. The van der Waals surface area contributed by atoms with Gasteiger partial charge in [0.15, 0.2) is 0 Å². The van der Waals surface area contributed by atoms with Gasteiger partial charge in [0.25, 0.3) is 0 Å². The molecule has 1 aromatic heterocycles. The molecule has 19 heavy (non-hydrogen) atoms. The van der Waals surface area contributed by atoms with E-state index >= 15 is 0 Å². The molecule has 1 heterocycles. The Hall–Kier alpha value is -1.65. The Morgan fingerprint density at radius 2 is 2.00 bits per heavy atom. The quantitative estimate of drug-likeness (QED) is 0.713. The number of rotatable bonds is 7. The number of aryl methyl sites for hydroxylation is 1. The van der Waals surface area contributed by atoms with Crippen molar-refractivity contribution in [2.24, 2.45) is 7.05 Å². The fourth-order valence-corrected chi connectivity index (χ4v) is 1.93. The number of benzene rings is 1. The van der Waals surface area contributed by atoms with Gasteiger partial charge < -0.3 is 4.74 Å². The molecule has 2 aromatic rings. The van der Waals surface area contributed by atoms with Gasteiger partial charge in [0, 0.05) is 31.9 Å². The molecule has 4 heteroatoms. The third kappa shape index (κ3) is 4.85. The van der Waals surface area contributed by atoms with Gasteiger partial charge >= 0.3 is 0 Å². The van der Waals surface area contributed by atoms with Crippen LogP contribution in [0.4, 0.5) is 0 Å². The summed E-state index contributed by atoms with van der Waals surface area (Å²) in [5.41, 5.74) is 2.45. The molecule has 0 aliphatic heterocycles. The van der Waals surface area contributed by atoms with Crippen LogP contribution in [0.15, 0.2) is 42.7 Å².